The molecule has 0 saturated heterocycles. The largest absolute Gasteiger partial charge is 0.496 e. The fraction of sp³-hybridized carbons (Fsp3) is 0.344. The van der Waals surface area contributed by atoms with Crippen molar-refractivity contribution in [1.29, 1.82) is 0 Å². The Kier molecular flexibility index (Phi) is 9.86. The number of para-hydroxylation sites is 2. The number of hydrogen-bond donors (Lipinski definition) is 2. The van der Waals surface area contributed by atoms with Crippen molar-refractivity contribution in [3.63, 3.8) is 0 Å². The SMILES string of the molecule is CCOC(=O)c1c(NC(=O)CSc2cn(CCNC(=O)c3ccccc3OC)c3ccccc23)sc2c1CCCCC2. The van der Waals surface area contributed by atoms with E-state index in [-0.39, 0.29) is 23.5 Å². The number of nitrogens with one attached hydrogen (secondary N) is 2. The number of hydrogen-bond acceptors (Lipinski definition) is 7. The number of esters is 1. The lowest BCUT2D eigenvalue weighted by Crippen LogP contribution is -2.27. The molecule has 0 atom stereocenters. The van der Waals surface area contributed by atoms with Crippen molar-refractivity contribution in [2.75, 3.05) is 31.3 Å². The van der Waals surface area contributed by atoms with Crippen molar-refractivity contribution in [2.24, 2.45) is 0 Å². The number of thioether (sulfide) groups is 1. The minimum atomic E-state index is -0.360. The maximum Gasteiger partial charge on any atom is 0.341 e. The highest BCUT2D eigenvalue weighted by atomic mass is 32.2. The third-order valence-corrected chi connectivity index (χ3v) is 9.50. The number of methoxy groups -OCH3 is 1. The molecule has 4 aromatic rings. The summed E-state index contributed by atoms with van der Waals surface area (Å²) >= 11 is 2.96. The number of ether oxygens (including phenoxy) is 2. The van der Waals surface area contributed by atoms with Gasteiger partial charge in [-0.3, -0.25) is 9.59 Å². The van der Waals surface area contributed by atoms with Crippen LogP contribution in [0.5, 0.6) is 5.75 Å². The second-order valence-electron chi connectivity index (χ2n) is 9.99. The molecule has 8 nitrogen and oxygen atoms in total. The smallest absolute Gasteiger partial charge is 0.341 e. The highest BCUT2D eigenvalue weighted by Crippen LogP contribution is 2.38. The van der Waals surface area contributed by atoms with Gasteiger partial charge in [-0.1, -0.05) is 36.8 Å². The average molecular weight is 606 g/mol. The summed E-state index contributed by atoms with van der Waals surface area (Å²) in [7, 11) is 1.55. The van der Waals surface area contributed by atoms with Crippen LogP contribution in [0.25, 0.3) is 10.9 Å². The molecule has 2 aromatic carbocycles. The number of aryl methyl sites for hydroxylation is 1. The quantitative estimate of drug-likeness (QED) is 0.118. The number of fused-ring (bicyclic) bond motifs is 2. The Hall–Kier alpha value is -3.76. The summed E-state index contributed by atoms with van der Waals surface area (Å²) in [6.07, 6.45) is 7.05. The molecule has 0 bridgehead atoms. The molecule has 0 fully saturated rings. The summed E-state index contributed by atoms with van der Waals surface area (Å²) in [6, 6.07) is 15.2. The number of anilines is 1. The van der Waals surface area contributed by atoms with E-state index < -0.39 is 0 Å². The molecule has 2 aromatic heterocycles. The van der Waals surface area contributed by atoms with Crippen molar-refractivity contribution < 1.29 is 23.9 Å². The number of benzene rings is 2. The van der Waals surface area contributed by atoms with Crippen molar-refractivity contribution in [1.82, 2.24) is 9.88 Å². The monoisotopic (exact) mass is 605 g/mol. The van der Waals surface area contributed by atoms with Gasteiger partial charge in [0.2, 0.25) is 5.91 Å². The van der Waals surface area contributed by atoms with E-state index in [2.05, 4.69) is 15.2 Å². The highest BCUT2D eigenvalue weighted by Gasteiger charge is 2.26. The van der Waals surface area contributed by atoms with E-state index in [0.29, 0.717) is 41.6 Å². The zero-order chi connectivity index (χ0) is 29.5. The molecule has 2 N–H and O–H groups in total. The van der Waals surface area contributed by atoms with Gasteiger partial charge < -0.3 is 24.7 Å². The Morgan fingerprint density at radius 3 is 2.64 bits per heavy atom. The minimum absolute atomic E-state index is 0.164. The van der Waals surface area contributed by atoms with Gasteiger partial charge in [-0.25, -0.2) is 4.79 Å². The van der Waals surface area contributed by atoms with Crippen LogP contribution in [0.15, 0.2) is 59.6 Å². The summed E-state index contributed by atoms with van der Waals surface area (Å²) in [5.41, 5.74) is 3.09. The van der Waals surface area contributed by atoms with Crippen molar-refractivity contribution in [3.05, 3.63) is 76.3 Å². The normalized spacial score (nSPS) is 12.8. The zero-order valence-corrected chi connectivity index (χ0v) is 25.5. The first-order valence-corrected chi connectivity index (χ1v) is 16.0. The van der Waals surface area contributed by atoms with Crippen LogP contribution in [-0.4, -0.2) is 48.4 Å². The molecule has 5 rings (SSSR count). The van der Waals surface area contributed by atoms with Gasteiger partial charge in [-0.05, 0) is 56.4 Å². The van der Waals surface area contributed by atoms with Crippen molar-refractivity contribution >= 4 is 56.8 Å². The second-order valence-corrected chi connectivity index (χ2v) is 12.1. The van der Waals surface area contributed by atoms with Crippen LogP contribution in [0.1, 0.15) is 57.3 Å². The van der Waals surface area contributed by atoms with Crippen molar-refractivity contribution in [2.45, 2.75) is 50.5 Å². The van der Waals surface area contributed by atoms with Crippen LogP contribution in [0.3, 0.4) is 0 Å². The number of rotatable bonds is 11. The Morgan fingerprint density at radius 2 is 1.81 bits per heavy atom. The van der Waals surface area contributed by atoms with E-state index in [4.69, 9.17) is 9.47 Å². The fourth-order valence-electron chi connectivity index (χ4n) is 5.29. The third-order valence-electron chi connectivity index (χ3n) is 7.25. The minimum Gasteiger partial charge on any atom is -0.496 e. The molecule has 0 aliphatic heterocycles. The first kappa shape index (κ1) is 29.7. The average Bonchev–Trinajstić information content (AvgIpc) is 3.43. The Bertz CT molecular complexity index is 1590. The zero-order valence-electron chi connectivity index (χ0n) is 23.9. The van der Waals surface area contributed by atoms with Gasteiger partial charge in [0.15, 0.2) is 0 Å². The second kappa shape index (κ2) is 13.9. The van der Waals surface area contributed by atoms with Gasteiger partial charge in [0.05, 0.1) is 30.6 Å². The predicted molar refractivity (Wildman–Crippen MR) is 168 cm³/mol. The highest BCUT2D eigenvalue weighted by molar-refractivity contribution is 8.00. The maximum absolute atomic E-state index is 13.1. The molecule has 2 amide bonds. The van der Waals surface area contributed by atoms with Crippen LogP contribution in [0.2, 0.25) is 0 Å². The number of carbonyl (C=O) groups is 3. The van der Waals surface area contributed by atoms with Crippen LogP contribution >= 0.6 is 23.1 Å². The first-order valence-electron chi connectivity index (χ1n) is 14.2. The van der Waals surface area contributed by atoms with Gasteiger partial charge in [0.25, 0.3) is 5.91 Å². The number of nitrogens with zero attached hydrogens (tertiary/aromatic N) is 1. The number of amides is 2. The lowest BCUT2D eigenvalue weighted by Gasteiger charge is -2.10. The van der Waals surface area contributed by atoms with Crippen LogP contribution in [-0.2, 0) is 28.9 Å². The molecule has 1 aliphatic rings. The molecular weight excluding hydrogens is 571 g/mol. The lowest BCUT2D eigenvalue weighted by molar-refractivity contribution is -0.113. The molecule has 42 heavy (non-hydrogen) atoms. The van der Waals surface area contributed by atoms with E-state index in [9.17, 15) is 14.4 Å². The van der Waals surface area contributed by atoms with Gasteiger partial charge >= 0.3 is 5.97 Å². The van der Waals surface area contributed by atoms with Gasteiger partial charge in [0, 0.05) is 40.0 Å². The first-order chi connectivity index (χ1) is 20.5. The molecule has 220 valence electrons. The van der Waals surface area contributed by atoms with E-state index in [1.807, 2.05) is 42.6 Å². The van der Waals surface area contributed by atoms with Crippen molar-refractivity contribution in [3.8, 4) is 5.75 Å². The standard InChI is InChI=1S/C32H35N3O5S2/c1-3-40-32(38)29-23-13-5-4-6-16-26(23)42-31(29)34-28(36)20-41-27-19-35(24-14-9-7-11-21(24)27)18-17-33-30(37)22-12-8-10-15-25(22)39-2/h7-12,14-15,19H,3-6,13,16-18,20H2,1-2H3,(H,33,37)(H,34,36). The van der Waals surface area contributed by atoms with Gasteiger partial charge in [-0.15, -0.1) is 23.1 Å². The summed E-state index contributed by atoms with van der Waals surface area (Å²) in [4.78, 5) is 40.9. The Balaban J connectivity index is 1.25. The molecule has 0 spiro atoms. The molecule has 0 radical (unpaired) electrons. The molecule has 10 heteroatoms. The Labute approximate surface area is 253 Å². The third kappa shape index (κ3) is 6.65. The van der Waals surface area contributed by atoms with E-state index in [0.717, 1.165) is 53.5 Å². The molecule has 0 saturated carbocycles. The number of thiophene rings is 1. The molecule has 0 unspecified atom stereocenters. The predicted octanol–water partition coefficient (Wildman–Crippen LogP) is 6.32. The molecule has 2 heterocycles. The van der Waals surface area contributed by atoms with E-state index >= 15 is 0 Å². The summed E-state index contributed by atoms with van der Waals surface area (Å²) < 4.78 is 12.8. The number of aromatic nitrogens is 1. The van der Waals surface area contributed by atoms with Crippen LogP contribution in [0.4, 0.5) is 5.00 Å². The molecule has 1 aliphatic carbocycles. The molecular formula is C32H35N3O5S2. The van der Waals surface area contributed by atoms with Gasteiger partial charge in [-0.2, -0.15) is 0 Å². The fourth-order valence-corrected chi connectivity index (χ4v) is 7.47. The summed E-state index contributed by atoms with van der Waals surface area (Å²) in [5.74, 6) is 0.0152. The lowest BCUT2D eigenvalue weighted by atomic mass is 10.1. The maximum atomic E-state index is 13.1. The van der Waals surface area contributed by atoms with Crippen LogP contribution < -0.4 is 15.4 Å². The van der Waals surface area contributed by atoms with E-state index in [1.54, 1.807) is 26.2 Å². The van der Waals surface area contributed by atoms with E-state index in [1.165, 1.54) is 28.0 Å². The van der Waals surface area contributed by atoms with Gasteiger partial charge in [0.1, 0.15) is 10.8 Å². The topological polar surface area (TPSA) is 98.7 Å². The summed E-state index contributed by atoms with van der Waals surface area (Å²) in [5, 5.41) is 7.63. The number of carbonyl (C=O) groups excluding carboxylic acids is 3. The summed E-state index contributed by atoms with van der Waals surface area (Å²) in [6.45, 7) is 3.08. The Morgan fingerprint density at radius 1 is 1.02 bits per heavy atom. The van der Waals surface area contributed by atoms with Crippen LogP contribution in [0, 0.1) is 0 Å².